The minimum Gasteiger partial charge on any atom is -0.577 e. The smallest absolute Gasteiger partial charge is 0.330 e. The van der Waals surface area contributed by atoms with Gasteiger partial charge in [0.1, 0.15) is 0 Å². The van der Waals surface area contributed by atoms with Gasteiger partial charge in [0.15, 0.2) is 0 Å². The Kier molecular flexibility index (Phi) is 19.6. The Labute approximate surface area is 219 Å². The number of carbonyl (C=O) groups excluding carboxylic acids is 1. The first kappa shape index (κ1) is 31.6. The average Bonchev–Trinajstić information content (AvgIpc) is 3.49. The number of carbonyl (C=O) groups is 1. The van der Waals surface area contributed by atoms with Gasteiger partial charge in [-0.1, -0.05) is 97.6 Å². The van der Waals surface area contributed by atoms with E-state index in [1.54, 1.807) is 6.92 Å². The van der Waals surface area contributed by atoms with Crippen LogP contribution in [0.25, 0.3) is 5.59 Å². The molecule has 34 heavy (non-hydrogen) atoms. The van der Waals surface area contributed by atoms with Gasteiger partial charge in [0.25, 0.3) is 0 Å². The van der Waals surface area contributed by atoms with Crippen molar-refractivity contribution in [3.63, 3.8) is 0 Å². The number of hydrogen-bond acceptors (Lipinski definition) is 3. The van der Waals surface area contributed by atoms with E-state index in [4.69, 9.17) is 10.5 Å². The third-order valence-electron chi connectivity index (χ3n) is 4.05. The quantitative estimate of drug-likeness (QED) is 0.209. The van der Waals surface area contributed by atoms with Gasteiger partial charge in [-0.05, 0) is 62.9 Å². The predicted octanol–water partition coefficient (Wildman–Crippen LogP) is 5.52. The van der Waals surface area contributed by atoms with Gasteiger partial charge in [0.05, 0.1) is 6.61 Å². The molecule has 0 atom stereocenters. The van der Waals surface area contributed by atoms with Crippen molar-refractivity contribution in [1.82, 2.24) is 0 Å². The molecule has 0 spiro atoms. The number of nitroso groups, excluding NO2 is 1. The zero-order chi connectivity index (χ0) is 24.2. The first-order valence-electron chi connectivity index (χ1n) is 10.4. The molecule has 3 aromatic rings. The maximum atomic E-state index is 10.1. The standard InChI is InChI=1S/C18H15P.C5H8O2.C5H5.NO.Re/c1-4-10-16(11-5-1)19(17-12-6-2-7-13-17)18-14-8-3-9-15-18;1-3-5(6)7-4-2;1-2-4-5-3-1;1-2;/h1-15H;3H,1,4H2,2H3;1-5H;;/q;;;-1;. The van der Waals surface area contributed by atoms with Gasteiger partial charge in [0, 0.05) is 26.5 Å². The predicted molar refractivity (Wildman–Crippen MR) is 140 cm³/mol. The second-order valence-corrected chi connectivity index (χ2v) is 8.48. The molecule has 6 heteroatoms. The van der Waals surface area contributed by atoms with Crippen molar-refractivity contribution in [3.8, 4) is 0 Å². The molecule has 1 aliphatic rings. The maximum absolute atomic E-state index is 10.1. The molecule has 176 valence electrons. The molecule has 1 saturated carbocycles. The molecule has 4 nitrogen and oxygen atoms in total. The van der Waals surface area contributed by atoms with Gasteiger partial charge < -0.3 is 15.2 Å². The van der Waals surface area contributed by atoms with E-state index in [0.717, 1.165) is 6.08 Å². The van der Waals surface area contributed by atoms with Crippen molar-refractivity contribution in [2.24, 2.45) is 0 Å². The molecule has 0 bridgehead atoms. The van der Waals surface area contributed by atoms with Gasteiger partial charge >= 0.3 is 5.97 Å². The second kappa shape index (κ2) is 21.1. The molecule has 0 aromatic heterocycles. The topological polar surface area (TPSA) is 65.7 Å². The van der Waals surface area contributed by atoms with Crippen LogP contribution in [0.5, 0.6) is 0 Å². The van der Waals surface area contributed by atoms with E-state index in [-0.39, 0.29) is 26.4 Å². The van der Waals surface area contributed by atoms with E-state index in [0.29, 0.717) is 6.61 Å². The summed E-state index contributed by atoms with van der Waals surface area (Å²) in [6.07, 6.45) is 11.1. The molecule has 0 aliphatic heterocycles. The second-order valence-electron chi connectivity index (χ2n) is 6.26. The summed E-state index contributed by atoms with van der Waals surface area (Å²) in [7, 11) is -0.446. The number of hydrogen-bond donors (Lipinski definition) is 0. The fraction of sp³-hybridized carbons (Fsp3) is 0.0714. The largest absolute Gasteiger partial charge is 0.577 e. The van der Waals surface area contributed by atoms with E-state index < -0.39 is 7.92 Å². The summed E-state index contributed by atoms with van der Waals surface area (Å²) >= 11 is 0. The van der Waals surface area contributed by atoms with Crippen molar-refractivity contribution in [2.45, 2.75) is 6.92 Å². The number of nitrogens with zero attached hydrogens (tertiary/aromatic N) is 1. The molecule has 0 heterocycles. The molecule has 0 unspecified atom stereocenters. The number of benzene rings is 3. The molecule has 1 aliphatic carbocycles. The molecular formula is C28H28NO3PRe-. The number of rotatable bonds is 5. The van der Waals surface area contributed by atoms with Crippen molar-refractivity contribution in [1.29, 1.82) is 0 Å². The third-order valence-corrected chi connectivity index (χ3v) is 6.50. The summed E-state index contributed by atoms with van der Waals surface area (Å²) in [6.45, 7) is 5.38. The van der Waals surface area contributed by atoms with Gasteiger partial charge in [-0.25, -0.2) is 4.79 Å². The summed E-state index contributed by atoms with van der Waals surface area (Å²) in [5.41, 5.74) is 5.75. The normalized spacial score (nSPS) is 11.1. The van der Waals surface area contributed by atoms with Crippen LogP contribution in [-0.4, -0.2) is 12.6 Å². The minimum absolute atomic E-state index is 0. The van der Waals surface area contributed by atoms with Crippen molar-refractivity contribution >= 4 is 29.8 Å². The van der Waals surface area contributed by atoms with Crippen LogP contribution in [0.15, 0.2) is 104 Å². The van der Waals surface area contributed by atoms with Crippen molar-refractivity contribution < 1.29 is 30.0 Å². The Balaban J connectivity index is 0.000000603. The number of esters is 1. The summed E-state index contributed by atoms with van der Waals surface area (Å²) in [4.78, 5) is 17.3. The van der Waals surface area contributed by atoms with Gasteiger partial charge in [-0.2, -0.15) is 0 Å². The van der Waals surface area contributed by atoms with E-state index in [2.05, 4.69) is 102 Å². The molecule has 0 amide bonds. The monoisotopic (exact) mass is 644 g/mol. The molecule has 0 saturated heterocycles. The molecule has 0 N–H and O–H groups in total. The fourth-order valence-corrected chi connectivity index (χ4v) is 5.01. The van der Waals surface area contributed by atoms with Gasteiger partial charge in [-0.3, -0.25) is 0 Å². The summed E-state index contributed by atoms with van der Waals surface area (Å²) in [6, 6.07) is 32.3. The van der Waals surface area contributed by atoms with Crippen LogP contribution in [0.4, 0.5) is 0 Å². The first-order chi connectivity index (χ1) is 16.3. The molecule has 4 rings (SSSR count). The Hall–Kier alpha value is -2.44. The Morgan fingerprint density at radius 3 is 1.24 bits per heavy atom. The fourth-order valence-electron chi connectivity index (χ4n) is 2.70. The van der Waals surface area contributed by atoms with Crippen LogP contribution in [0.3, 0.4) is 0 Å². The summed E-state index contributed by atoms with van der Waals surface area (Å²) < 4.78 is 4.43. The van der Waals surface area contributed by atoms with Crippen LogP contribution in [0.1, 0.15) is 6.92 Å². The summed E-state index contributed by atoms with van der Waals surface area (Å²) in [5.74, 6) is -0.359. The molecule has 6 radical (unpaired) electrons. The van der Waals surface area contributed by atoms with Crippen molar-refractivity contribution in [2.75, 3.05) is 6.61 Å². The van der Waals surface area contributed by atoms with Crippen LogP contribution < -0.4 is 15.9 Å². The number of ether oxygens (including phenoxy) is 1. The Morgan fingerprint density at radius 1 is 0.735 bits per heavy atom. The molecule has 3 aromatic carbocycles. The zero-order valence-electron chi connectivity index (χ0n) is 19.0. The van der Waals surface area contributed by atoms with Crippen LogP contribution >= 0.6 is 7.92 Å². The zero-order valence-corrected chi connectivity index (χ0v) is 22.6. The Bertz CT molecular complexity index is 790. The summed E-state index contributed by atoms with van der Waals surface area (Å²) in [5, 5.41) is 4.19. The first-order valence-corrected chi connectivity index (χ1v) is 11.7. The van der Waals surface area contributed by atoms with E-state index in [1.165, 1.54) is 15.9 Å². The van der Waals surface area contributed by atoms with E-state index >= 15 is 0 Å². The van der Waals surface area contributed by atoms with E-state index in [9.17, 15) is 4.79 Å². The van der Waals surface area contributed by atoms with Gasteiger partial charge in [0.2, 0.25) is 0 Å². The average molecular weight is 644 g/mol. The SMILES string of the molecule is C=CC(=O)OCC.[CH]1[CH][CH][CH][CH]1.[N-]=O.[Re].c1ccc(P(c2ccccc2)c2ccccc2)cc1. The van der Waals surface area contributed by atoms with Crippen LogP contribution in [-0.2, 0) is 30.0 Å². The van der Waals surface area contributed by atoms with Crippen LogP contribution in [0.2, 0.25) is 0 Å². The Morgan fingerprint density at radius 2 is 1.03 bits per heavy atom. The van der Waals surface area contributed by atoms with Crippen LogP contribution in [0, 0.1) is 37.0 Å². The third kappa shape index (κ3) is 12.7. The van der Waals surface area contributed by atoms with Crippen molar-refractivity contribution in [3.05, 3.63) is 146 Å². The maximum Gasteiger partial charge on any atom is 0.330 e. The van der Waals surface area contributed by atoms with E-state index in [1.807, 2.05) is 32.1 Å². The molecular weight excluding hydrogens is 615 g/mol. The molecule has 1 fully saturated rings. The minimum atomic E-state index is -0.446. The van der Waals surface area contributed by atoms with Gasteiger partial charge in [-0.15, -0.1) is 0 Å².